The van der Waals surface area contributed by atoms with Crippen molar-refractivity contribution in [2.45, 2.75) is 25.9 Å². The van der Waals surface area contributed by atoms with E-state index in [2.05, 4.69) is 0 Å². The van der Waals surface area contributed by atoms with Gasteiger partial charge in [0, 0.05) is 0 Å². The fourth-order valence-corrected chi connectivity index (χ4v) is 3.24. The Kier molecular flexibility index (Phi) is 6.42. The van der Waals surface area contributed by atoms with Crippen molar-refractivity contribution in [2.75, 3.05) is 24.1 Å². The Morgan fingerprint density at radius 2 is 1.96 bits per heavy atom. The van der Waals surface area contributed by atoms with Crippen LogP contribution in [0.4, 0.5) is 28.4 Å². The van der Waals surface area contributed by atoms with E-state index in [1.54, 1.807) is 13.8 Å². The fraction of sp³-hybridized carbons (Fsp3) is 0.500. The zero-order chi connectivity index (χ0) is 21.1. The smallest absolute Gasteiger partial charge is 0.448 e. The molecule has 1 saturated heterocycles. The normalized spacial score (nSPS) is 14.9. The van der Waals surface area contributed by atoms with Crippen molar-refractivity contribution >= 4 is 27.9 Å². The lowest BCUT2D eigenvalue weighted by atomic mass is 10.1. The average molecular weight is 424 g/mol. The summed E-state index contributed by atoms with van der Waals surface area (Å²) >= 11 is 0. The number of anilines is 1. The molecule has 0 aromatic heterocycles. The monoisotopic (exact) mass is 424 g/mol. The van der Waals surface area contributed by atoms with Gasteiger partial charge < -0.3 is 14.4 Å². The molecule has 156 valence electrons. The van der Waals surface area contributed by atoms with Crippen LogP contribution >= 0.6 is 0 Å². The number of cyclic esters (lactones) is 1. The van der Waals surface area contributed by atoms with Crippen LogP contribution in [0, 0.1) is 5.92 Å². The Balaban J connectivity index is 2.49. The molecular formula is C16H19F3N2O6S. The van der Waals surface area contributed by atoms with Gasteiger partial charge in [-0.05, 0) is 17.5 Å². The second-order valence-electron chi connectivity index (χ2n) is 6.35. The number of amides is 2. The topological polar surface area (TPSA) is 93.2 Å². The van der Waals surface area contributed by atoms with Crippen LogP contribution < -0.4 is 4.31 Å². The molecular weight excluding hydrogens is 405 g/mol. The largest absolute Gasteiger partial charge is 0.517 e. The van der Waals surface area contributed by atoms with Crippen LogP contribution in [0.3, 0.4) is 0 Å². The zero-order valence-corrected chi connectivity index (χ0v) is 15.9. The SMILES string of the molecule is CC(C)COC(=O)N(c1ccccc1CN1CCOC1=O)S(=O)(=O)C(F)(F)F. The van der Waals surface area contributed by atoms with Gasteiger partial charge in [-0.15, -0.1) is 0 Å². The molecule has 0 aliphatic carbocycles. The summed E-state index contributed by atoms with van der Waals surface area (Å²) in [6.07, 6.45) is -2.37. The van der Waals surface area contributed by atoms with Gasteiger partial charge in [-0.3, -0.25) is 0 Å². The van der Waals surface area contributed by atoms with E-state index in [1.165, 1.54) is 23.1 Å². The van der Waals surface area contributed by atoms with Gasteiger partial charge in [-0.25, -0.2) is 9.59 Å². The van der Waals surface area contributed by atoms with Crippen molar-refractivity contribution in [2.24, 2.45) is 5.92 Å². The average Bonchev–Trinajstić information content (AvgIpc) is 2.98. The summed E-state index contributed by atoms with van der Waals surface area (Å²) in [6.45, 7) is 3.05. The highest BCUT2D eigenvalue weighted by atomic mass is 32.2. The van der Waals surface area contributed by atoms with E-state index in [1.807, 2.05) is 0 Å². The molecule has 0 bridgehead atoms. The number of para-hydroxylation sites is 1. The Morgan fingerprint density at radius 1 is 1.32 bits per heavy atom. The van der Waals surface area contributed by atoms with Crippen LogP contribution in [0.5, 0.6) is 0 Å². The molecule has 1 aliphatic heterocycles. The Morgan fingerprint density at radius 3 is 2.50 bits per heavy atom. The summed E-state index contributed by atoms with van der Waals surface area (Å²) in [6, 6.07) is 5.07. The number of alkyl halides is 3. The molecule has 0 saturated carbocycles. The van der Waals surface area contributed by atoms with Crippen molar-refractivity contribution < 1.29 is 40.7 Å². The molecule has 1 aromatic carbocycles. The third-order valence-electron chi connectivity index (χ3n) is 3.66. The van der Waals surface area contributed by atoms with Gasteiger partial charge in [0.2, 0.25) is 0 Å². The van der Waals surface area contributed by atoms with E-state index >= 15 is 0 Å². The number of hydrogen-bond donors (Lipinski definition) is 0. The van der Waals surface area contributed by atoms with Crippen molar-refractivity contribution in [3.8, 4) is 0 Å². The van der Waals surface area contributed by atoms with Crippen LogP contribution in [0.1, 0.15) is 19.4 Å². The minimum atomic E-state index is -6.08. The van der Waals surface area contributed by atoms with Crippen LogP contribution in [-0.2, 0) is 26.0 Å². The molecule has 8 nitrogen and oxygen atoms in total. The lowest BCUT2D eigenvalue weighted by Crippen LogP contribution is -2.45. The minimum Gasteiger partial charge on any atom is -0.448 e. The van der Waals surface area contributed by atoms with Gasteiger partial charge >= 0.3 is 27.7 Å². The maximum Gasteiger partial charge on any atom is 0.517 e. The van der Waals surface area contributed by atoms with Gasteiger partial charge in [0.05, 0.1) is 25.4 Å². The van der Waals surface area contributed by atoms with Crippen molar-refractivity contribution in [1.82, 2.24) is 4.90 Å². The maximum atomic E-state index is 13.2. The molecule has 0 atom stereocenters. The number of nitrogens with zero attached hydrogens (tertiary/aromatic N) is 2. The third kappa shape index (κ3) is 4.66. The summed E-state index contributed by atoms with van der Waals surface area (Å²) in [5, 5.41) is 0. The summed E-state index contributed by atoms with van der Waals surface area (Å²) in [5.41, 5.74) is -6.27. The predicted molar refractivity (Wildman–Crippen MR) is 91.8 cm³/mol. The number of sulfonamides is 1. The van der Waals surface area contributed by atoms with E-state index in [0.717, 1.165) is 6.07 Å². The number of carbonyl (C=O) groups is 2. The summed E-state index contributed by atoms with van der Waals surface area (Å²) in [7, 11) is -6.08. The molecule has 1 fully saturated rings. The van der Waals surface area contributed by atoms with Crippen LogP contribution in [0.2, 0.25) is 0 Å². The molecule has 0 unspecified atom stereocenters. The predicted octanol–water partition coefficient (Wildman–Crippen LogP) is 3.09. The van der Waals surface area contributed by atoms with Crippen molar-refractivity contribution in [3.05, 3.63) is 29.8 Å². The second-order valence-corrected chi connectivity index (χ2v) is 8.13. The summed E-state index contributed by atoms with van der Waals surface area (Å²) in [5.74, 6) is -0.228. The molecule has 2 amide bonds. The third-order valence-corrected chi connectivity index (χ3v) is 5.07. The number of halogens is 3. The van der Waals surface area contributed by atoms with Gasteiger partial charge in [0.15, 0.2) is 0 Å². The maximum absolute atomic E-state index is 13.2. The van der Waals surface area contributed by atoms with Crippen LogP contribution in [-0.4, -0.2) is 50.8 Å². The molecule has 1 aromatic rings. The van der Waals surface area contributed by atoms with Crippen molar-refractivity contribution in [1.29, 1.82) is 0 Å². The molecule has 2 rings (SSSR count). The standard InChI is InChI=1S/C16H19F3N2O6S/c1-11(2)10-27-15(23)21(28(24,25)16(17,18)19)13-6-4-3-5-12(13)9-20-7-8-26-14(20)22/h3-6,11H,7-10H2,1-2H3. The first kappa shape index (κ1) is 21.8. The number of rotatable bonds is 6. The highest BCUT2D eigenvalue weighted by Gasteiger charge is 2.53. The Hall–Kier alpha value is -2.50. The summed E-state index contributed by atoms with van der Waals surface area (Å²) < 4.78 is 72.9. The number of hydrogen-bond acceptors (Lipinski definition) is 6. The van der Waals surface area contributed by atoms with E-state index < -0.39 is 37.7 Å². The molecule has 1 aliphatic rings. The van der Waals surface area contributed by atoms with Gasteiger partial charge in [0.25, 0.3) is 0 Å². The molecule has 1 heterocycles. The second kappa shape index (κ2) is 8.25. The first-order chi connectivity index (χ1) is 12.9. The number of ether oxygens (including phenoxy) is 2. The van der Waals surface area contributed by atoms with Crippen LogP contribution in [0.15, 0.2) is 24.3 Å². The molecule has 0 N–H and O–H groups in total. The fourth-order valence-electron chi connectivity index (χ4n) is 2.34. The highest BCUT2D eigenvalue weighted by molar-refractivity contribution is 7.94. The van der Waals surface area contributed by atoms with Crippen LogP contribution in [0.25, 0.3) is 0 Å². The van der Waals surface area contributed by atoms with Gasteiger partial charge in [-0.2, -0.15) is 25.9 Å². The Labute approximate surface area is 159 Å². The molecule has 0 spiro atoms. The molecule has 0 radical (unpaired) electrons. The lowest BCUT2D eigenvalue weighted by molar-refractivity contribution is -0.0438. The lowest BCUT2D eigenvalue weighted by Gasteiger charge is -2.26. The quantitative estimate of drug-likeness (QED) is 0.697. The first-order valence-electron chi connectivity index (χ1n) is 8.23. The van der Waals surface area contributed by atoms with Crippen molar-refractivity contribution in [3.63, 3.8) is 0 Å². The van der Waals surface area contributed by atoms with E-state index in [4.69, 9.17) is 9.47 Å². The Bertz CT molecular complexity index is 841. The first-order valence-corrected chi connectivity index (χ1v) is 9.67. The van der Waals surface area contributed by atoms with Gasteiger partial charge in [0.1, 0.15) is 6.61 Å². The van der Waals surface area contributed by atoms with E-state index in [-0.39, 0.29) is 37.8 Å². The molecule has 28 heavy (non-hydrogen) atoms. The van der Waals surface area contributed by atoms with E-state index in [9.17, 15) is 31.2 Å². The zero-order valence-electron chi connectivity index (χ0n) is 15.1. The van der Waals surface area contributed by atoms with E-state index in [0.29, 0.717) is 0 Å². The number of carbonyl (C=O) groups excluding carboxylic acids is 2. The number of benzene rings is 1. The minimum absolute atomic E-state index is 0.00988. The molecule has 12 heteroatoms. The van der Waals surface area contributed by atoms with Gasteiger partial charge in [-0.1, -0.05) is 32.0 Å². The highest BCUT2D eigenvalue weighted by Crippen LogP contribution is 2.34. The summed E-state index contributed by atoms with van der Waals surface area (Å²) in [4.78, 5) is 25.1.